The smallest absolute Gasteiger partial charge is 0.264 e. The number of amides is 3. The predicted octanol–water partition coefficient (Wildman–Crippen LogP) is 2.64. The molecule has 3 N–H and O–H groups in total. The summed E-state index contributed by atoms with van der Waals surface area (Å²) < 4.78 is 31.7. The van der Waals surface area contributed by atoms with Crippen LogP contribution in [0, 0.1) is 24.3 Å². The van der Waals surface area contributed by atoms with Crippen molar-refractivity contribution >= 4 is 56.6 Å². The Balaban J connectivity index is 1.37. The Morgan fingerprint density at radius 2 is 1.93 bits per heavy atom. The Bertz CT molecular complexity index is 1720. The van der Waals surface area contributed by atoms with Crippen molar-refractivity contribution in [3.05, 3.63) is 59.9 Å². The van der Waals surface area contributed by atoms with Gasteiger partial charge in [0.15, 0.2) is 6.19 Å². The molecule has 1 aliphatic heterocycles. The summed E-state index contributed by atoms with van der Waals surface area (Å²) in [4.78, 5) is 47.2. The fourth-order valence-corrected chi connectivity index (χ4v) is 5.54. The van der Waals surface area contributed by atoms with Gasteiger partial charge in [-0.3, -0.25) is 19.7 Å². The van der Waals surface area contributed by atoms with E-state index < -0.39 is 21.8 Å². The summed E-state index contributed by atoms with van der Waals surface area (Å²) in [6.45, 7) is 3.33. The fraction of sp³-hybridized carbons (Fsp3) is 0.310. The molecule has 13 nitrogen and oxygen atoms in total. The third kappa shape index (κ3) is 8.49. The molecule has 4 rings (SSSR count). The van der Waals surface area contributed by atoms with Gasteiger partial charge in [-0.25, -0.2) is 23.1 Å². The lowest BCUT2D eigenvalue weighted by Crippen LogP contribution is -2.43. The lowest BCUT2D eigenvalue weighted by molar-refractivity contribution is -0.137. The SMILES string of the molecule is CC(=O)NS(=O)(=O)c1ccc(CNC(=O)CN2CCCCC(/C=N\C(=Nc3ccc4oc(C)cc4c3)NC#N)C2=O)cc1. The molecule has 1 atom stereocenters. The highest BCUT2D eigenvalue weighted by atomic mass is 32.2. The summed E-state index contributed by atoms with van der Waals surface area (Å²) in [7, 11) is -3.95. The third-order valence-electron chi connectivity index (χ3n) is 6.56. The van der Waals surface area contributed by atoms with Gasteiger partial charge in [-0.05, 0) is 61.7 Å². The van der Waals surface area contributed by atoms with Gasteiger partial charge in [0, 0.05) is 31.6 Å². The normalized spacial score (nSPS) is 16.1. The molecule has 1 fully saturated rings. The van der Waals surface area contributed by atoms with Gasteiger partial charge in [-0.1, -0.05) is 18.6 Å². The maximum absolute atomic E-state index is 13.3. The number of nitriles is 1. The zero-order valence-electron chi connectivity index (χ0n) is 23.7. The average molecular weight is 606 g/mol. The Labute approximate surface area is 248 Å². The number of sulfonamides is 1. The van der Waals surface area contributed by atoms with Gasteiger partial charge in [0.25, 0.3) is 10.0 Å². The highest BCUT2D eigenvalue weighted by molar-refractivity contribution is 7.90. The number of aryl methyl sites for hydroxylation is 1. The summed E-state index contributed by atoms with van der Waals surface area (Å²) in [5.74, 6) is -1.13. The summed E-state index contributed by atoms with van der Waals surface area (Å²) in [6.07, 6.45) is 5.28. The van der Waals surface area contributed by atoms with E-state index >= 15 is 0 Å². The number of hydrogen-bond donors (Lipinski definition) is 3. The summed E-state index contributed by atoms with van der Waals surface area (Å²) in [6, 6.07) is 12.9. The predicted molar refractivity (Wildman–Crippen MR) is 158 cm³/mol. The number of carbonyl (C=O) groups excluding carboxylic acids is 3. The molecule has 224 valence electrons. The quantitative estimate of drug-likeness (QED) is 0.151. The molecule has 0 spiro atoms. The number of fused-ring (bicyclic) bond motifs is 1. The van der Waals surface area contributed by atoms with Crippen LogP contribution in [0.25, 0.3) is 11.0 Å². The molecule has 0 aliphatic carbocycles. The minimum atomic E-state index is -3.95. The zero-order valence-corrected chi connectivity index (χ0v) is 24.5. The monoisotopic (exact) mass is 605 g/mol. The second-order valence-electron chi connectivity index (χ2n) is 9.97. The lowest BCUT2D eigenvalue weighted by atomic mass is 10.0. The van der Waals surface area contributed by atoms with Crippen LogP contribution in [-0.2, 0) is 31.0 Å². The third-order valence-corrected chi connectivity index (χ3v) is 8.01. The van der Waals surface area contributed by atoms with Crippen LogP contribution in [0.2, 0.25) is 0 Å². The standard InChI is InChI=1S/C29H31N7O6S/c1-19-13-23-14-24(8-11-26(23)42-19)34-29(33-18-30)32-16-22-5-3-4-12-36(28(22)39)17-27(38)31-15-21-6-9-25(10-7-21)43(40,41)35-20(2)37/h6-11,13-14,16,22H,3-5,12,15,17H2,1-2H3,(H,31,38)(H,33,34)(H,35,37)/b32-16-. The minimum Gasteiger partial charge on any atom is -0.461 e. The molecule has 1 unspecified atom stereocenters. The van der Waals surface area contributed by atoms with Crippen molar-refractivity contribution in [1.29, 1.82) is 5.26 Å². The highest BCUT2D eigenvalue weighted by Gasteiger charge is 2.27. The number of hydrogen-bond acceptors (Lipinski definition) is 8. The number of rotatable bonds is 8. The zero-order chi connectivity index (χ0) is 31.0. The number of aliphatic imine (C=N–C) groups is 2. The minimum absolute atomic E-state index is 0.0271. The van der Waals surface area contributed by atoms with E-state index in [1.165, 1.54) is 35.4 Å². The van der Waals surface area contributed by atoms with Crippen molar-refractivity contribution < 1.29 is 27.2 Å². The first-order chi connectivity index (χ1) is 20.5. The van der Waals surface area contributed by atoms with Crippen LogP contribution < -0.4 is 15.4 Å². The molecule has 1 aliphatic rings. The Hall–Kier alpha value is -5.03. The molecule has 0 bridgehead atoms. The molecule has 2 heterocycles. The van der Waals surface area contributed by atoms with Gasteiger partial charge in [0.2, 0.25) is 23.7 Å². The molecule has 0 saturated carbocycles. The first kappa shape index (κ1) is 30.9. The van der Waals surface area contributed by atoms with Gasteiger partial charge in [0.05, 0.1) is 23.0 Å². The molecular weight excluding hydrogens is 574 g/mol. The molecular formula is C29H31N7O6S. The molecule has 3 amide bonds. The second-order valence-corrected chi connectivity index (χ2v) is 11.7. The molecule has 3 aromatic rings. The van der Waals surface area contributed by atoms with Crippen molar-refractivity contribution in [2.24, 2.45) is 15.9 Å². The average Bonchev–Trinajstić information content (AvgIpc) is 3.24. The van der Waals surface area contributed by atoms with Crippen LogP contribution in [-0.4, -0.2) is 56.3 Å². The Kier molecular flexibility index (Phi) is 9.89. The Morgan fingerprint density at radius 3 is 2.65 bits per heavy atom. The van der Waals surface area contributed by atoms with Crippen LogP contribution in [0.3, 0.4) is 0 Å². The maximum atomic E-state index is 13.3. The first-order valence-electron chi connectivity index (χ1n) is 13.5. The number of nitrogens with one attached hydrogen (secondary N) is 3. The van der Waals surface area contributed by atoms with E-state index in [0.717, 1.165) is 36.5 Å². The largest absolute Gasteiger partial charge is 0.461 e. The number of likely N-dealkylation sites (tertiary alicyclic amines) is 1. The van der Waals surface area contributed by atoms with Crippen molar-refractivity contribution in [2.75, 3.05) is 13.1 Å². The summed E-state index contributed by atoms with van der Waals surface area (Å²) in [5.41, 5.74) is 1.91. The lowest BCUT2D eigenvalue weighted by Gasteiger charge is -2.22. The van der Waals surface area contributed by atoms with Gasteiger partial charge in [-0.2, -0.15) is 5.26 Å². The molecule has 14 heteroatoms. The molecule has 0 radical (unpaired) electrons. The van der Waals surface area contributed by atoms with Crippen LogP contribution in [0.15, 0.2) is 67.8 Å². The number of guanidine groups is 1. The van der Waals surface area contributed by atoms with E-state index in [2.05, 4.69) is 20.6 Å². The second kappa shape index (κ2) is 13.8. The van der Waals surface area contributed by atoms with Crippen LogP contribution in [0.5, 0.6) is 0 Å². The summed E-state index contributed by atoms with van der Waals surface area (Å²) in [5, 5.41) is 15.2. The van der Waals surface area contributed by atoms with Crippen molar-refractivity contribution in [2.45, 2.75) is 44.6 Å². The Morgan fingerprint density at radius 1 is 1.16 bits per heavy atom. The van der Waals surface area contributed by atoms with Crippen molar-refractivity contribution in [3.8, 4) is 6.19 Å². The number of benzene rings is 2. The van der Waals surface area contributed by atoms with Crippen molar-refractivity contribution in [3.63, 3.8) is 0 Å². The van der Waals surface area contributed by atoms with Crippen LogP contribution in [0.1, 0.15) is 37.5 Å². The van der Waals surface area contributed by atoms with E-state index in [0.29, 0.717) is 24.2 Å². The summed E-state index contributed by atoms with van der Waals surface area (Å²) >= 11 is 0. The van der Waals surface area contributed by atoms with E-state index in [-0.39, 0.29) is 35.8 Å². The maximum Gasteiger partial charge on any atom is 0.264 e. The topological polar surface area (TPSA) is 186 Å². The van der Waals surface area contributed by atoms with Crippen LogP contribution in [0.4, 0.5) is 5.69 Å². The fourth-order valence-electron chi connectivity index (χ4n) is 4.55. The van der Waals surface area contributed by atoms with Gasteiger partial charge in [-0.15, -0.1) is 0 Å². The van der Waals surface area contributed by atoms with Gasteiger partial charge < -0.3 is 14.6 Å². The highest BCUT2D eigenvalue weighted by Crippen LogP contribution is 2.24. The van der Waals surface area contributed by atoms with Gasteiger partial charge >= 0.3 is 0 Å². The van der Waals surface area contributed by atoms with E-state index in [1.807, 2.05) is 23.9 Å². The van der Waals surface area contributed by atoms with Gasteiger partial charge in [0.1, 0.15) is 11.3 Å². The first-order valence-corrected chi connectivity index (χ1v) is 15.0. The molecule has 1 saturated heterocycles. The van der Waals surface area contributed by atoms with Crippen molar-refractivity contribution in [1.82, 2.24) is 20.3 Å². The van der Waals surface area contributed by atoms with Crippen LogP contribution >= 0.6 is 0 Å². The van der Waals surface area contributed by atoms with E-state index in [9.17, 15) is 28.1 Å². The van der Waals surface area contributed by atoms with E-state index in [1.54, 1.807) is 18.2 Å². The number of furan rings is 1. The van der Waals surface area contributed by atoms with E-state index in [4.69, 9.17) is 4.42 Å². The molecule has 2 aromatic carbocycles. The molecule has 43 heavy (non-hydrogen) atoms. The number of carbonyl (C=O) groups is 3. The number of nitrogens with zero attached hydrogens (tertiary/aromatic N) is 4. The molecule has 1 aromatic heterocycles.